The van der Waals surface area contributed by atoms with Crippen molar-refractivity contribution in [2.75, 3.05) is 14.2 Å². The summed E-state index contributed by atoms with van der Waals surface area (Å²) >= 11 is 0. The van der Waals surface area contributed by atoms with Gasteiger partial charge in [0.1, 0.15) is 11.6 Å². The fraction of sp³-hybridized carbons (Fsp3) is 0.312. The van der Waals surface area contributed by atoms with Crippen molar-refractivity contribution >= 4 is 0 Å². The SMILES string of the molecule is CNC(CCc1ccc(OC)cc1)c1cncc(F)c1. The third-order valence-electron chi connectivity index (χ3n) is 3.36. The van der Waals surface area contributed by atoms with Crippen LogP contribution in [-0.2, 0) is 6.42 Å². The summed E-state index contributed by atoms with van der Waals surface area (Å²) in [6.45, 7) is 0. The molecule has 1 aromatic carbocycles. The van der Waals surface area contributed by atoms with Crippen LogP contribution in [0.3, 0.4) is 0 Å². The topological polar surface area (TPSA) is 34.1 Å². The first-order chi connectivity index (χ1) is 9.72. The molecule has 0 spiro atoms. The van der Waals surface area contributed by atoms with Gasteiger partial charge < -0.3 is 10.1 Å². The number of ether oxygens (including phenoxy) is 1. The highest BCUT2D eigenvalue weighted by molar-refractivity contribution is 5.27. The van der Waals surface area contributed by atoms with Crippen LogP contribution >= 0.6 is 0 Å². The molecule has 20 heavy (non-hydrogen) atoms. The van der Waals surface area contributed by atoms with E-state index in [1.165, 1.54) is 17.8 Å². The van der Waals surface area contributed by atoms with Crippen LogP contribution in [-0.4, -0.2) is 19.1 Å². The third-order valence-corrected chi connectivity index (χ3v) is 3.36. The number of pyridine rings is 1. The number of benzene rings is 1. The van der Waals surface area contributed by atoms with Gasteiger partial charge in [0.2, 0.25) is 0 Å². The molecule has 3 nitrogen and oxygen atoms in total. The van der Waals surface area contributed by atoms with Gasteiger partial charge in [-0.15, -0.1) is 0 Å². The van der Waals surface area contributed by atoms with Crippen LogP contribution < -0.4 is 10.1 Å². The van der Waals surface area contributed by atoms with Crippen LogP contribution in [0.15, 0.2) is 42.7 Å². The Morgan fingerprint density at radius 2 is 2.00 bits per heavy atom. The molecule has 1 heterocycles. The first-order valence-electron chi connectivity index (χ1n) is 6.63. The molecule has 0 aliphatic carbocycles. The number of nitrogens with one attached hydrogen (secondary N) is 1. The number of halogens is 1. The minimum Gasteiger partial charge on any atom is -0.497 e. The molecule has 4 heteroatoms. The predicted octanol–water partition coefficient (Wildman–Crippen LogP) is 3.12. The number of hydrogen-bond donors (Lipinski definition) is 1. The van der Waals surface area contributed by atoms with Gasteiger partial charge in [-0.3, -0.25) is 4.98 Å². The molecule has 0 bridgehead atoms. The first kappa shape index (κ1) is 14.5. The zero-order valence-corrected chi connectivity index (χ0v) is 11.8. The normalized spacial score (nSPS) is 12.2. The number of aryl methyl sites for hydroxylation is 1. The number of nitrogens with zero attached hydrogens (tertiary/aromatic N) is 1. The van der Waals surface area contributed by atoms with E-state index in [9.17, 15) is 4.39 Å². The lowest BCUT2D eigenvalue weighted by atomic mass is 10.0. The maximum atomic E-state index is 13.2. The summed E-state index contributed by atoms with van der Waals surface area (Å²) < 4.78 is 18.3. The van der Waals surface area contributed by atoms with E-state index >= 15 is 0 Å². The van der Waals surface area contributed by atoms with Crippen molar-refractivity contribution in [2.45, 2.75) is 18.9 Å². The average molecular weight is 274 g/mol. The number of rotatable bonds is 6. The summed E-state index contributed by atoms with van der Waals surface area (Å²) in [6, 6.07) is 9.63. The molecule has 0 aliphatic rings. The zero-order chi connectivity index (χ0) is 14.4. The second kappa shape index (κ2) is 7.01. The summed E-state index contributed by atoms with van der Waals surface area (Å²) in [5, 5.41) is 3.21. The summed E-state index contributed by atoms with van der Waals surface area (Å²) in [5.74, 6) is 0.556. The van der Waals surface area contributed by atoms with Crippen LogP contribution in [0.4, 0.5) is 4.39 Å². The van der Waals surface area contributed by atoms with Crippen LogP contribution in [0, 0.1) is 5.82 Å². The largest absolute Gasteiger partial charge is 0.497 e. The second-order valence-corrected chi connectivity index (χ2v) is 4.66. The van der Waals surface area contributed by atoms with Crippen LogP contribution in [0.2, 0.25) is 0 Å². The summed E-state index contributed by atoms with van der Waals surface area (Å²) in [5.41, 5.74) is 2.11. The highest BCUT2D eigenvalue weighted by Gasteiger charge is 2.10. The Morgan fingerprint density at radius 3 is 2.60 bits per heavy atom. The van der Waals surface area contributed by atoms with Gasteiger partial charge in [-0.25, -0.2) is 4.39 Å². The van der Waals surface area contributed by atoms with Gasteiger partial charge in [0.15, 0.2) is 0 Å². The van der Waals surface area contributed by atoms with Gasteiger partial charge in [-0.1, -0.05) is 12.1 Å². The Morgan fingerprint density at radius 1 is 1.25 bits per heavy atom. The lowest BCUT2D eigenvalue weighted by molar-refractivity contribution is 0.414. The van der Waals surface area contributed by atoms with E-state index in [0.29, 0.717) is 0 Å². The lowest BCUT2D eigenvalue weighted by Crippen LogP contribution is -2.17. The molecule has 1 atom stereocenters. The standard InChI is InChI=1S/C16H19FN2O/c1-18-16(13-9-14(17)11-19-10-13)8-5-12-3-6-15(20-2)7-4-12/h3-4,6-7,9-11,16,18H,5,8H2,1-2H3. The van der Waals surface area contributed by atoms with Gasteiger partial charge in [-0.2, -0.15) is 0 Å². The van der Waals surface area contributed by atoms with Gasteiger partial charge in [0, 0.05) is 12.2 Å². The molecule has 106 valence electrons. The maximum absolute atomic E-state index is 13.2. The van der Waals surface area contributed by atoms with Crippen LogP contribution in [0.25, 0.3) is 0 Å². The molecule has 0 aliphatic heterocycles. The van der Waals surface area contributed by atoms with Gasteiger partial charge in [0.05, 0.1) is 13.3 Å². The monoisotopic (exact) mass is 274 g/mol. The van der Waals surface area contributed by atoms with E-state index in [4.69, 9.17) is 4.74 Å². The Kier molecular flexibility index (Phi) is 5.07. The van der Waals surface area contributed by atoms with Crippen molar-refractivity contribution in [3.05, 3.63) is 59.7 Å². The molecule has 0 radical (unpaired) electrons. The second-order valence-electron chi connectivity index (χ2n) is 4.66. The van der Waals surface area contributed by atoms with Crippen molar-refractivity contribution in [3.8, 4) is 5.75 Å². The number of methoxy groups -OCH3 is 1. The molecular weight excluding hydrogens is 255 g/mol. The quantitative estimate of drug-likeness (QED) is 0.878. The Bertz CT molecular complexity index is 542. The highest BCUT2D eigenvalue weighted by Crippen LogP contribution is 2.20. The molecule has 2 rings (SSSR count). The molecule has 1 unspecified atom stereocenters. The molecule has 2 aromatic rings. The summed E-state index contributed by atoms with van der Waals surface area (Å²) in [6.07, 6.45) is 4.72. The van der Waals surface area contributed by atoms with Crippen molar-refractivity contribution in [1.29, 1.82) is 0 Å². The predicted molar refractivity (Wildman–Crippen MR) is 77.3 cm³/mol. The Labute approximate surface area is 118 Å². The summed E-state index contributed by atoms with van der Waals surface area (Å²) in [7, 11) is 3.53. The van der Waals surface area contributed by atoms with Crippen LogP contribution in [0.5, 0.6) is 5.75 Å². The summed E-state index contributed by atoms with van der Waals surface area (Å²) in [4.78, 5) is 3.90. The average Bonchev–Trinajstić information content (AvgIpc) is 2.48. The molecule has 1 aromatic heterocycles. The van der Waals surface area contributed by atoms with E-state index < -0.39 is 0 Å². The first-order valence-corrected chi connectivity index (χ1v) is 6.63. The minimum absolute atomic E-state index is 0.0975. The molecule has 0 saturated carbocycles. The Balaban J connectivity index is 1.99. The highest BCUT2D eigenvalue weighted by atomic mass is 19.1. The molecule has 1 N–H and O–H groups in total. The zero-order valence-electron chi connectivity index (χ0n) is 11.8. The van der Waals surface area contributed by atoms with E-state index in [-0.39, 0.29) is 11.9 Å². The van der Waals surface area contributed by atoms with E-state index in [2.05, 4.69) is 22.4 Å². The number of aromatic nitrogens is 1. The van der Waals surface area contributed by atoms with Gasteiger partial charge in [-0.05, 0) is 49.2 Å². The molecule has 0 saturated heterocycles. The fourth-order valence-electron chi connectivity index (χ4n) is 2.20. The van der Waals surface area contributed by atoms with Crippen molar-refractivity contribution in [3.63, 3.8) is 0 Å². The molecule has 0 amide bonds. The van der Waals surface area contributed by atoms with Crippen molar-refractivity contribution in [1.82, 2.24) is 10.3 Å². The fourth-order valence-corrected chi connectivity index (χ4v) is 2.20. The van der Waals surface area contributed by atoms with E-state index in [0.717, 1.165) is 24.2 Å². The van der Waals surface area contributed by atoms with E-state index in [1.807, 2.05) is 19.2 Å². The van der Waals surface area contributed by atoms with E-state index in [1.54, 1.807) is 13.3 Å². The maximum Gasteiger partial charge on any atom is 0.141 e. The van der Waals surface area contributed by atoms with Crippen molar-refractivity contribution in [2.24, 2.45) is 0 Å². The molecular formula is C16H19FN2O. The van der Waals surface area contributed by atoms with Gasteiger partial charge >= 0.3 is 0 Å². The van der Waals surface area contributed by atoms with Crippen molar-refractivity contribution < 1.29 is 9.13 Å². The van der Waals surface area contributed by atoms with Gasteiger partial charge in [0.25, 0.3) is 0 Å². The lowest BCUT2D eigenvalue weighted by Gasteiger charge is -2.16. The molecule has 0 fully saturated rings. The van der Waals surface area contributed by atoms with Crippen LogP contribution in [0.1, 0.15) is 23.6 Å². The number of hydrogen-bond acceptors (Lipinski definition) is 3. The third kappa shape index (κ3) is 3.78. The smallest absolute Gasteiger partial charge is 0.141 e. The Hall–Kier alpha value is -1.94. The minimum atomic E-state index is -0.299.